The largest absolute Gasteiger partial charge is 0.640 e. The fraction of sp³-hybridized carbons (Fsp3) is 0.600. The van der Waals surface area contributed by atoms with E-state index in [4.69, 9.17) is 14.0 Å². The first-order chi connectivity index (χ1) is 9.35. The highest BCUT2D eigenvalue weighted by Gasteiger charge is 2.19. The molecule has 4 heteroatoms. The van der Waals surface area contributed by atoms with Crippen molar-refractivity contribution in [3.05, 3.63) is 36.5 Å². The summed E-state index contributed by atoms with van der Waals surface area (Å²) >= 11 is 0. The molecule has 0 rings (SSSR count). The molecule has 3 nitrogen and oxygen atoms in total. The first-order valence-corrected chi connectivity index (χ1v) is 7.14. The van der Waals surface area contributed by atoms with Gasteiger partial charge in [-0.15, -0.1) is 0 Å². The predicted molar refractivity (Wildman–Crippen MR) is 81.9 cm³/mol. The van der Waals surface area contributed by atoms with Crippen molar-refractivity contribution in [3.8, 4) is 0 Å². The Hall–Kier alpha value is -0.835. The summed E-state index contributed by atoms with van der Waals surface area (Å²) in [7, 11) is -0.607. The maximum Gasteiger partial charge on any atom is 0.640 e. The molecule has 0 saturated heterocycles. The molecule has 19 heavy (non-hydrogen) atoms. The van der Waals surface area contributed by atoms with Crippen molar-refractivity contribution >= 4 is 7.32 Å². The lowest BCUT2D eigenvalue weighted by Crippen LogP contribution is -2.27. The molecule has 0 atom stereocenters. The number of hydrogen-bond donors (Lipinski definition) is 0. The summed E-state index contributed by atoms with van der Waals surface area (Å²) in [6.07, 6.45) is 15.1. The molecule has 0 aromatic carbocycles. The standard InChI is InChI=1S/C15H27BO3/c1-4-7-10-13-17-16(18-14-11-8-5-2)19-15-12-9-6-3/h7-12H,4-6,13-15H2,1-3H3/b10-7+,11-8+,12-9+. The Bertz CT molecular complexity index is 219. The maximum atomic E-state index is 5.51. The van der Waals surface area contributed by atoms with Gasteiger partial charge in [0.1, 0.15) is 0 Å². The van der Waals surface area contributed by atoms with Crippen LogP contribution in [0.2, 0.25) is 0 Å². The second-order valence-corrected chi connectivity index (χ2v) is 3.93. The Morgan fingerprint density at radius 1 is 0.579 bits per heavy atom. The van der Waals surface area contributed by atoms with Gasteiger partial charge < -0.3 is 14.0 Å². The molecule has 0 N–H and O–H groups in total. The molecule has 0 aliphatic heterocycles. The van der Waals surface area contributed by atoms with Crippen molar-refractivity contribution < 1.29 is 14.0 Å². The molecule has 0 bridgehead atoms. The van der Waals surface area contributed by atoms with E-state index in [0.29, 0.717) is 19.8 Å². The van der Waals surface area contributed by atoms with Gasteiger partial charge in [0.25, 0.3) is 0 Å². The van der Waals surface area contributed by atoms with E-state index in [1.807, 2.05) is 18.2 Å². The van der Waals surface area contributed by atoms with Crippen LogP contribution in [0.5, 0.6) is 0 Å². The van der Waals surface area contributed by atoms with Crippen molar-refractivity contribution in [1.82, 2.24) is 0 Å². The Balaban J connectivity index is 3.94. The highest BCUT2D eigenvalue weighted by molar-refractivity contribution is 6.36. The van der Waals surface area contributed by atoms with Gasteiger partial charge in [-0.3, -0.25) is 0 Å². The Morgan fingerprint density at radius 3 is 1.16 bits per heavy atom. The molecule has 0 aromatic heterocycles. The fourth-order valence-corrected chi connectivity index (χ4v) is 1.25. The average molecular weight is 266 g/mol. The maximum absolute atomic E-state index is 5.51. The van der Waals surface area contributed by atoms with Crippen LogP contribution in [0.4, 0.5) is 0 Å². The van der Waals surface area contributed by atoms with Crippen LogP contribution in [-0.2, 0) is 14.0 Å². The summed E-state index contributed by atoms with van der Waals surface area (Å²) in [6, 6.07) is 0. The summed E-state index contributed by atoms with van der Waals surface area (Å²) < 4.78 is 16.5. The van der Waals surface area contributed by atoms with E-state index in [1.54, 1.807) is 0 Å². The van der Waals surface area contributed by atoms with E-state index < -0.39 is 7.32 Å². The Labute approximate surface area is 118 Å². The zero-order chi connectivity index (χ0) is 14.2. The molecule has 0 aliphatic carbocycles. The van der Waals surface area contributed by atoms with Crippen molar-refractivity contribution in [2.45, 2.75) is 40.0 Å². The van der Waals surface area contributed by atoms with Gasteiger partial charge in [-0.25, -0.2) is 0 Å². The highest BCUT2D eigenvalue weighted by atomic mass is 16.7. The molecule has 0 radical (unpaired) electrons. The fourth-order valence-electron chi connectivity index (χ4n) is 1.25. The van der Waals surface area contributed by atoms with Gasteiger partial charge in [-0.2, -0.15) is 0 Å². The van der Waals surface area contributed by atoms with E-state index in [1.165, 1.54) is 0 Å². The number of allylic oxidation sites excluding steroid dienone is 3. The van der Waals surface area contributed by atoms with Gasteiger partial charge >= 0.3 is 7.32 Å². The van der Waals surface area contributed by atoms with E-state index >= 15 is 0 Å². The van der Waals surface area contributed by atoms with Crippen molar-refractivity contribution in [3.63, 3.8) is 0 Å². The molecule has 0 spiro atoms. The molecule has 0 amide bonds. The number of rotatable bonds is 12. The molecule has 0 fully saturated rings. The lowest BCUT2D eigenvalue weighted by molar-refractivity contribution is 0.123. The third-order valence-corrected chi connectivity index (χ3v) is 2.19. The van der Waals surface area contributed by atoms with Crippen LogP contribution < -0.4 is 0 Å². The monoisotopic (exact) mass is 266 g/mol. The molecular formula is C15H27BO3. The van der Waals surface area contributed by atoms with Gasteiger partial charge in [0, 0.05) is 0 Å². The molecule has 108 valence electrons. The minimum absolute atomic E-state index is 0.507. The van der Waals surface area contributed by atoms with Crippen LogP contribution in [0, 0.1) is 0 Å². The quantitative estimate of drug-likeness (QED) is 0.396. The SMILES string of the molecule is CC/C=C/COB(OC/C=C/CC)OC/C=C/CC. The molecular weight excluding hydrogens is 239 g/mol. The van der Waals surface area contributed by atoms with Crippen molar-refractivity contribution in [2.24, 2.45) is 0 Å². The van der Waals surface area contributed by atoms with Crippen LogP contribution in [0.3, 0.4) is 0 Å². The summed E-state index contributed by atoms with van der Waals surface area (Å²) in [5.74, 6) is 0. The van der Waals surface area contributed by atoms with Crippen LogP contribution in [-0.4, -0.2) is 27.1 Å². The van der Waals surface area contributed by atoms with Crippen LogP contribution in [0.25, 0.3) is 0 Å². The van der Waals surface area contributed by atoms with Gasteiger partial charge in [0.05, 0.1) is 19.8 Å². The van der Waals surface area contributed by atoms with E-state index in [9.17, 15) is 0 Å². The average Bonchev–Trinajstić information content (AvgIpc) is 2.43. The van der Waals surface area contributed by atoms with E-state index in [-0.39, 0.29) is 0 Å². The molecule has 0 saturated carbocycles. The second kappa shape index (κ2) is 15.2. The van der Waals surface area contributed by atoms with Gasteiger partial charge in [-0.05, 0) is 19.3 Å². The normalized spacial score (nSPS) is 12.2. The molecule has 0 aromatic rings. The summed E-state index contributed by atoms with van der Waals surface area (Å²) in [5, 5.41) is 0. The molecule has 0 heterocycles. The Kier molecular flexibility index (Phi) is 14.6. The van der Waals surface area contributed by atoms with Crippen LogP contribution in [0.1, 0.15) is 40.0 Å². The van der Waals surface area contributed by atoms with Gasteiger partial charge in [0.2, 0.25) is 0 Å². The lowest BCUT2D eigenvalue weighted by Gasteiger charge is -2.11. The van der Waals surface area contributed by atoms with Crippen molar-refractivity contribution in [2.75, 3.05) is 19.8 Å². The number of hydrogen-bond acceptors (Lipinski definition) is 3. The minimum atomic E-state index is -0.607. The summed E-state index contributed by atoms with van der Waals surface area (Å²) in [6.45, 7) is 7.79. The molecule has 0 aliphatic rings. The molecule has 0 unspecified atom stereocenters. The Morgan fingerprint density at radius 2 is 0.895 bits per heavy atom. The second-order valence-electron chi connectivity index (χ2n) is 3.93. The first-order valence-electron chi connectivity index (χ1n) is 7.14. The minimum Gasteiger partial charge on any atom is -0.382 e. The van der Waals surface area contributed by atoms with E-state index in [2.05, 4.69) is 39.0 Å². The third kappa shape index (κ3) is 13.4. The smallest absolute Gasteiger partial charge is 0.382 e. The van der Waals surface area contributed by atoms with Crippen LogP contribution >= 0.6 is 0 Å². The van der Waals surface area contributed by atoms with Gasteiger partial charge in [0.15, 0.2) is 0 Å². The third-order valence-electron chi connectivity index (χ3n) is 2.19. The van der Waals surface area contributed by atoms with E-state index in [0.717, 1.165) is 19.3 Å². The summed E-state index contributed by atoms with van der Waals surface area (Å²) in [4.78, 5) is 0. The zero-order valence-corrected chi connectivity index (χ0v) is 12.5. The summed E-state index contributed by atoms with van der Waals surface area (Å²) in [5.41, 5.74) is 0. The van der Waals surface area contributed by atoms with Gasteiger partial charge in [-0.1, -0.05) is 57.2 Å². The van der Waals surface area contributed by atoms with Crippen molar-refractivity contribution in [1.29, 1.82) is 0 Å². The van der Waals surface area contributed by atoms with Crippen LogP contribution in [0.15, 0.2) is 36.5 Å². The zero-order valence-electron chi connectivity index (χ0n) is 12.5. The first kappa shape index (κ1) is 18.2. The lowest BCUT2D eigenvalue weighted by atomic mass is 10.2. The predicted octanol–water partition coefficient (Wildman–Crippen LogP) is 3.92. The topological polar surface area (TPSA) is 27.7 Å². The highest BCUT2D eigenvalue weighted by Crippen LogP contribution is 1.96.